The van der Waals surface area contributed by atoms with Crippen LogP contribution in [-0.2, 0) is 4.74 Å². The van der Waals surface area contributed by atoms with Crippen molar-refractivity contribution in [2.24, 2.45) is 0 Å². The first-order valence-electron chi connectivity index (χ1n) is 7.06. The summed E-state index contributed by atoms with van der Waals surface area (Å²) in [6, 6.07) is 3.32. The highest BCUT2D eigenvalue weighted by atomic mass is 16.5. The van der Waals surface area contributed by atoms with Gasteiger partial charge in [-0.2, -0.15) is 5.26 Å². The van der Waals surface area contributed by atoms with Crippen LogP contribution in [0.5, 0.6) is 0 Å². The van der Waals surface area contributed by atoms with E-state index >= 15 is 0 Å². The molecular weight excluding hydrogens is 226 g/mol. The van der Waals surface area contributed by atoms with Gasteiger partial charge in [0.15, 0.2) is 0 Å². The average molecular weight is 253 g/mol. The molecule has 1 aliphatic rings. The van der Waals surface area contributed by atoms with Crippen LogP contribution in [0.2, 0.25) is 0 Å². The average Bonchev–Trinajstić information content (AvgIpc) is 2.38. The van der Waals surface area contributed by atoms with Crippen molar-refractivity contribution in [2.45, 2.75) is 58.2 Å². The predicted molar refractivity (Wildman–Crippen MR) is 73.4 cm³/mol. The van der Waals surface area contributed by atoms with Crippen molar-refractivity contribution in [3.8, 4) is 6.07 Å². The molecule has 1 aliphatic heterocycles. The molecule has 0 amide bonds. The Morgan fingerprint density at radius 1 is 1.56 bits per heavy atom. The summed E-state index contributed by atoms with van der Waals surface area (Å²) in [4.78, 5) is 2.50. The molecule has 1 rings (SSSR count). The molecule has 18 heavy (non-hydrogen) atoms. The van der Waals surface area contributed by atoms with Gasteiger partial charge in [-0.15, -0.1) is 0 Å². The Morgan fingerprint density at radius 3 is 2.83 bits per heavy atom. The Kier molecular flexibility index (Phi) is 6.07. The van der Waals surface area contributed by atoms with E-state index in [9.17, 15) is 5.26 Å². The second-order valence-corrected chi connectivity index (χ2v) is 5.40. The van der Waals surface area contributed by atoms with Crippen molar-refractivity contribution in [1.29, 1.82) is 5.26 Å². The van der Waals surface area contributed by atoms with Gasteiger partial charge in [-0.1, -0.05) is 13.8 Å². The number of nitrogens with one attached hydrogen (secondary N) is 1. The van der Waals surface area contributed by atoms with Crippen LogP contribution in [0.1, 0.15) is 40.5 Å². The number of morpholine rings is 1. The minimum atomic E-state index is -0.426. The lowest BCUT2D eigenvalue weighted by Crippen LogP contribution is -2.53. The molecule has 0 aromatic carbocycles. The van der Waals surface area contributed by atoms with Crippen LogP contribution in [0.15, 0.2) is 0 Å². The topological polar surface area (TPSA) is 48.3 Å². The normalized spacial score (nSPS) is 26.3. The highest BCUT2D eigenvalue weighted by Crippen LogP contribution is 2.21. The Bertz CT molecular complexity index is 289. The molecule has 0 spiro atoms. The quantitative estimate of drug-likeness (QED) is 0.783. The standard InChI is InChI=1S/C14H27N3O/c1-5-13-10-18-8-7-17(13)12(3)9-14(4,11-15)16-6-2/h12-13,16H,5-10H2,1-4H3. The summed E-state index contributed by atoms with van der Waals surface area (Å²) in [7, 11) is 0. The van der Waals surface area contributed by atoms with Gasteiger partial charge in [-0.25, -0.2) is 0 Å². The minimum Gasteiger partial charge on any atom is -0.378 e. The summed E-state index contributed by atoms with van der Waals surface area (Å²) in [6.07, 6.45) is 1.96. The zero-order valence-electron chi connectivity index (χ0n) is 12.2. The number of rotatable bonds is 6. The van der Waals surface area contributed by atoms with Crippen molar-refractivity contribution in [3.63, 3.8) is 0 Å². The maximum Gasteiger partial charge on any atom is 0.105 e. The molecule has 1 saturated heterocycles. The monoisotopic (exact) mass is 253 g/mol. The van der Waals surface area contributed by atoms with Crippen LogP contribution in [0.3, 0.4) is 0 Å². The Balaban J connectivity index is 2.62. The van der Waals surface area contributed by atoms with E-state index in [0.717, 1.165) is 39.1 Å². The van der Waals surface area contributed by atoms with Crippen LogP contribution in [0, 0.1) is 11.3 Å². The van der Waals surface area contributed by atoms with Gasteiger partial charge in [0.05, 0.1) is 19.3 Å². The van der Waals surface area contributed by atoms with E-state index in [-0.39, 0.29) is 0 Å². The van der Waals surface area contributed by atoms with Crippen molar-refractivity contribution in [3.05, 3.63) is 0 Å². The molecule has 3 atom stereocenters. The largest absolute Gasteiger partial charge is 0.378 e. The Morgan fingerprint density at radius 2 is 2.28 bits per heavy atom. The van der Waals surface area contributed by atoms with Crippen LogP contribution < -0.4 is 5.32 Å². The first-order valence-corrected chi connectivity index (χ1v) is 7.06. The molecule has 4 nitrogen and oxygen atoms in total. The van der Waals surface area contributed by atoms with E-state index in [2.05, 4.69) is 30.1 Å². The molecule has 4 heteroatoms. The third-order valence-corrected chi connectivity index (χ3v) is 3.83. The molecule has 1 N–H and O–H groups in total. The lowest BCUT2D eigenvalue weighted by molar-refractivity contribution is -0.0309. The van der Waals surface area contributed by atoms with E-state index in [0.29, 0.717) is 12.1 Å². The zero-order chi connectivity index (χ0) is 13.6. The second kappa shape index (κ2) is 7.08. The van der Waals surface area contributed by atoms with Gasteiger partial charge in [0.2, 0.25) is 0 Å². The zero-order valence-corrected chi connectivity index (χ0v) is 12.2. The summed E-state index contributed by atoms with van der Waals surface area (Å²) in [5, 5.41) is 12.6. The van der Waals surface area contributed by atoms with Crippen molar-refractivity contribution >= 4 is 0 Å². The fourth-order valence-corrected chi connectivity index (χ4v) is 2.86. The number of nitrogens with zero attached hydrogens (tertiary/aromatic N) is 2. The highest BCUT2D eigenvalue weighted by molar-refractivity contribution is 5.05. The van der Waals surface area contributed by atoms with E-state index in [1.807, 2.05) is 13.8 Å². The number of nitriles is 1. The van der Waals surface area contributed by atoms with Crippen molar-refractivity contribution in [1.82, 2.24) is 10.2 Å². The molecule has 0 aromatic heterocycles. The van der Waals surface area contributed by atoms with E-state index < -0.39 is 5.54 Å². The summed E-state index contributed by atoms with van der Waals surface area (Å²) in [5.41, 5.74) is -0.426. The summed E-state index contributed by atoms with van der Waals surface area (Å²) in [6.45, 7) is 11.9. The van der Waals surface area contributed by atoms with Gasteiger partial charge in [0.25, 0.3) is 0 Å². The van der Waals surface area contributed by atoms with Crippen LogP contribution in [0.4, 0.5) is 0 Å². The first-order chi connectivity index (χ1) is 8.56. The van der Waals surface area contributed by atoms with Gasteiger partial charge in [-0.3, -0.25) is 10.2 Å². The molecule has 0 bridgehead atoms. The third-order valence-electron chi connectivity index (χ3n) is 3.83. The summed E-state index contributed by atoms with van der Waals surface area (Å²) in [5.74, 6) is 0. The van der Waals surface area contributed by atoms with E-state index in [1.54, 1.807) is 0 Å². The molecule has 3 unspecified atom stereocenters. The first kappa shape index (κ1) is 15.4. The maximum absolute atomic E-state index is 9.33. The molecule has 0 radical (unpaired) electrons. The molecule has 0 aliphatic carbocycles. The number of hydrogen-bond acceptors (Lipinski definition) is 4. The molecule has 1 fully saturated rings. The lowest BCUT2D eigenvalue weighted by atomic mass is 9.93. The van der Waals surface area contributed by atoms with Crippen molar-refractivity contribution in [2.75, 3.05) is 26.3 Å². The van der Waals surface area contributed by atoms with Crippen LogP contribution >= 0.6 is 0 Å². The van der Waals surface area contributed by atoms with Crippen LogP contribution in [0.25, 0.3) is 0 Å². The fourth-order valence-electron chi connectivity index (χ4n) is 2.86. The van der Waals surface area contributed by atoms with Gasteiger partial charge in [-0.05, 0) is 33.2 Å². The molecule has 0 aromatic rings. The Labute approximate surface area is 111 Å². The number of hydrogen-bond donors (Lipinski definition) is 1. The molecule has 0 saturated carbocycles. The van der Waals surface area contributed by atoms with Gasteiger partial charge >= 0.3 is 0 Å². The Hall–Kier alpha value is -0.630. The second-order valence-electron chi connectivity index (χ2n) is 5.40. The van der Waals surface area contributed by atoms with Crippen LogP contribution in [-0.4, -0.2) is 48.8 Å². The predicted octanol–water partition coefficient (Wildman–Crippen LogP) is 1.77. The van der Waals surface area contributed by atoms with E-state index in [4.69, 9.17) is 4.74 Å². The summed E-state index contributed by atoms with van der Waals surface area (Å²) < 4.78 is 5.54. The smallest absolute Gasteiger partial charge is 0.105 e. The maximum atomic E-state index is 9.33. The van der Waals surface area contributed by atoms with Gasteiger partial charge < -0.3 is 4.74 Å². The summed E-state index contributed by atoms with van der Waals surface area (Å²) >= 11 is 0. The van der Waals surface area contributed by atoms with Gasteiger partial charge in [0.1, 0.15) is 5.54 Å². The molecule has 1 heterocycles. The SMILES string of the molecule is CCNC(C)(C#N)CC(C)N1CCOCC1CC. The van der Waals surface area contributed by atoms with Crippen molar-refractivity contribution < 1.29 is 4.74 Å². The number of ether oxygens (including phenoxy) is 1. The van der Waals surface area contributed by atoms with Gasteiger partial charge in [0, 0.05) is 18.6 Å². The van der Waals surface area contributed by atoms with E-state index in [1.165, 1.54) is 0 Å². The lowest BCUT2D eigenvalue weighted by Gasteiger charge is -2.41. The fraction of sp³-hybridized carbons (Fsp3) is 0.929. The minimum absolute atomic E-state index is 0.405. The molecule has 104 valence electrons. The highest BCUT2D eigenvalue weighted by Gasteiger charge is 2.32. The molecular formula is C14H27N3O. The third kappa shape index (κ3) is 3.94.